The Bertz CT molecular complexity index is 769. The van der Waals surface area contributed by atoms with Gasteiger partial charge in [-0.1, -0.05) is 44.5 Å². The predicted molar refractivity (Wildman–Crippen MR) is 111 cm³/mol. The lowest BCUT2D eigenvalue weighted by atomic mass is 9.86. The molecular formula is C22H30ClNO3. The lowest BCUT2D eigenvalue weighted by Crippen LogP contribution is -2.16. The van der Waals surface area contributed by atoms with Crippen LogP contribution < -0.4 is 19.9 Å². The van der Waals surface area contributed by atoms with Crippen molar-refractivity contribution in [3.05, 3.63) is 52.0 Å². The monoisotopic (exact) mass is 391 g/mol. The van der Waals surface area contributed by atoms with E-state index in [0.717, 1.165) is 16.9 Å². The van der Waals surface area contributed by atoms with Gasteiger partial charge in [0.05, 0.1) is 11.6 Å². The Morgan fingerprint density at radius 2 is 1.67 bits per heavy atom. The number of halogens is 1. The van der Waals surface area contributed by atoms with Gasteiger partial charge in [-0.05, 0) is 54.2 Å². The smallest absolute Gasteiger partial charge is 0.179 e. The molecule has 0 aliphatic carbocycles. The fourth-order valence-electron chi connectivity index (χ4n) is 2.81. The molecule has 0 aliphatic heterocycles. The predicted octanol–water partition coefficient (Wildman–Crippen LogP) is 5.26. The van der Waals surface area contributed by atoms with E-state index < -0.39 is 0 Å². The average molecular weight is 392 g/mol. The highest BCUT2D eigenvalue weighted by atomic mass is 35.5. The molecule has 0 fully saturated rings. The molecule has 0 aromatic heterocycles. The second-order valence-corrected chi connectivity index (χ2v) is 7.90. The van der Waals surface area contributed by atoms with E-state index >= 15 is 0 Å². The third-order valence-electron chi connectivity index (χ3n) is 4.14. The SMILES string of the molecule is CCOc1cc(CN)cc(Cl)c1OCCOc1cc(C)ccc1C(C)(C)C. The molecule has 2 aromatic carbocycles. The number of aryl methyl sites for hydroxylation is 1. The first-order valence-corrected chi connectivity index (χ1v) is 9.66. The first-order valence-electron chi connectivity index (χ1n) is 9.28. The molecule has 27 heavy (non-hydrogen) atoms. The lowest BCUT2D eigenvalue weighted by molar-refractivity contribution is 0.206. The Kier molecular flexibility index (Phi) is 7.40. The number of hydrogen-bond donors (Lipinski definition) is 1. The zero-order chi connectivity index (χ0) is 20.0. The van der Waals surface area contributed by atoms with Crippen LogP contribution in [0.5, 0.6) is 17.2 Å². The van der Waals surface area contributed by atoms with Crippen LogP contribution in [0.3, 0.4) is 0 Å². The first kappa shape index (κ1) is 21.4. The van der Waals surface area contributed by atoms with Gasteiger partial charge in [0.1, 0.15) is 19.0 Å². The molecule has 2 N–H and O–H groups in total. The van der Waals surface area contributed by atoms with Crippen molar-refractivity contribution >= 4 is 11.6 Å². The maximum atomic E-state index is 6.35. The maximum Gasteiger partial charge on any atom is 0.179 e. The first-order chi connectivity index (χ1) is 12.8. The van der Waals surface area contributed by atoms with Gasteiger partial charge in [0.25, 0.3) is 0 Å². The summed E-state index contributed by atoms with van der Waals surface area (Å²) in [4.78, 5) is 0. The Hall–Kier alpha value is -1.91. The molecule has 0 saturated carbocycles. The Labute approximate surface area is 167 Å². The largest absolute Gasteiger partial charge is 0.490 e. The highest BCUT2D eigenvalue weighted by Gasteiger charge is 2.19. The lowest BCUT2D eigenvalue weighted by Gasteiger charge is -2.23. The number of nitrogens with two attached hydrogens (primary N) is 1. The molecular weight excluding hydrogens is 362 g/mol. The van der Waals surface area contributed by atoms with Crippen LogP contribution in [0, 0.1) is 6.92 Å². The summed E-state index contributed by atoms with van der Waals surface area (Å²) < 4.78 is 17.5. The Morgan fingerprint density at radius 1 is 0.963 bits per heavy atom. The van der Waals surface area contributed by atoms with Gasteiger partial charge in [-0.3, -0.25) is 0 Å². The van der Waals surface area contributed by atoms with Crippen LogP contribution in [0.4, 0.5) is 0 Å². The van der Waals surface area contributed by atoms with Gasteiger partial charge in [0.2, 0.25) is 0 Å². The van der Waals surface area contributed by atoms with Crippen LogP contribution in [-0.4, -0.2) is 19.8 Å². The van der Waals surface area contributed by atoms with Crippen LogP contribution in [0.25, 0.3) is 0 Å². The second-order valence-electron chi connectivity index (χ2n) is 7.49. The van der Waals surface area contributed by atoms with E-state index in [1.165, 1.54) is 5.56 Å². The molecule has 0 amide bonds. The van der Waals surface area contributed by atoms with E-state index in [0.29, 0.717) is 42.9 Å². The zero-order valence-electron chi connectivity index (χ0n) is 16.9. The minimum absolute atomic E-state index is 0.00733. The van der Waals surface area contributed by atoms with Crippen molar-refractivity contribution < 1.29 is 14.2 Å². The van der Waals surface area contributed by atoms with Crippen LogP contribution in [0.15, 0.2) is 30.3 Å². The van der Waals surface area contributed by atoms with Crippen LogP contribution >= 0.6 is 11.6 Å². The van der Waals surface area contributed by atoms with Crippen LogP contribution in [0.1, 0.15) is 44.4 Å². The van der Waals surface area contributed by atoms with Crippen molar-refractivity contribution in [1.29, 1.82) is 0 Å². The summed E-state index contributed by atoms with van der Waals surface area (Å²) in [7, 11) is 0. The van der Waals surface area contributed by atoms with E-state index in [2.05, 4.69) is 45.9 Å². The molecule has 0 atom stereocenters. The summed E-state index contributed by atoms with van der Waals surface area (Å²) in [6.45, 7) is 12.2. The molecule has 0 heterocycles. The molecule has 148 valence electrons. The Morgan fingerprint density at radius 3 is 2.30 bits per heavy atom. The normalized spacial score (nSPS) is 11.4. The van der Waals surface area contributed by atoms with Gasteiger partial charge in [0.15, 0.2) is 11.5 Å². The van der Waals surface area contributed by atoms with Gasteiger partial charge in [-0.25, -0.2) is 0 Å². The molecule has 2 rings (SSSR count). The summed E-state index contributed by atoms with van der Waals surface area (Å²) >= 11 is 6.35. The fourth-order valence-corrected chi connectivity index (χ4v) is 3.09. The van der Waals surface area contributed by atoms with E-state index in [9.17, 15) is 0 Å². The quantitative estimate of drug-likeness (QED) is 0.623. The van der Waals surface area contributed by atoms with E-state index in [-0.39, 0.29) is 5.41 Å². The van der Waals surface area contributed by atoms with Crippen molar-refractivity contribution in [2.45, 2.75) is 46.6 Å². The average Bonchev–Trinajstić information content (AvgIpc) is 2.59. The van der Waals surface area contributed by atoms with E-state index in [1.807, 2.05) is 13.0 Å². The second kappa shape index (κ2) is 9.34. The van der Waals surface area contributed by atoms with Gasteiger partial charge < -0.3 is 19.9 Å². The minimum Gasteiger partial charge on any atom is -0.490 e. The molecule has 0 radical (unpaired) electrons. The van der Waals surface area contributed by atoms with Gasteiger partial charge in [-0.2, -0.15) is 0 Å². The molecule has 0 bridgehead atoms. The standard InChI is InChI=1S/C22H30ClNO3/c1-6-25-20-13-16(14-24)12-18(23)21(20)27-10-9-26-19-11-15(2)7-8-17(19)22(3,4)5/h7-8,11-13H,6,9-10,14,24H2,1-5H3. The highest BCUT2D eigenvalue weighted by Crippen LogP contribution is 2.37. The van der Waals surface area contributed by atoms with Crippen molar-refractivity contribution in [2.75, 3.05) is 19.8 Å². The molecule has 4 nitrogen and oxygen atoms in total. The third kappa shape index (κ3) is 5.78. The summed E-state index contributed by atoms with van der Waals surface area (Å²) in [5.74, 6) is 2.02. The zero-order valence-corrected chi connectivity index (χ0v) is 17.7. The number of rotatable bonds is 8. The fraction of sp³-hybridized carbons (Fsp3) is 0.455. The number of benzene rings is 2. The number of ether oxygens (including phenoxy) is 3. The summed E-state index contributed by atoms with van der Waals surface area (Å²) in [5, 5.41) is 0.493. The topological polar surface area (TPSA) is 53.7 Å². The Balaban J connectivity index is 2.07. The van der Waals surface area contributed by atoms with Crippen molar-refractivity contribution in [3.8, 4) is 17.2 Å². The van der Waals surface area contributed by atoms with Gasteiger partial charge in [0, 0.05) is 6.54 Å². The minimum atomic E-state index is 0.00733. The number of hydrogen-bond acceptors (Lipinski definition) is 4. The van der Waals surface area contributed by atoms with E-state index in [1.54, 1.807) is 6.07 Å². The van der Waals surface area contributed by atoms with E-state index in [4.69, 9.17) is 31.5 Å². The summed E-state index contributed by atoms with van der Waals surface area (Å²) in [6, 6.07) is 9.97. The molecule has 2 aromatic rings. The van der Waals surface area contributed by atoms with Crippen molar-refractivity contribution in [3.63, 3.8) is 0 Å². The maximum absolute atomic E-state index is 6.35. The molecule has 0 spiro atoms. The molecule has 0 saturated heterocycles. The van der Waals surface area contributed by atoms with Crippen molar-refractivity contribution in [1.82, 2.24) is 0 Å². The van der Waals surface area contributed by atoms with Crippen LogP contribution in [-0.2, 0) is 12.0 Å². The van der Waals surface area contributed by atoms with Crippen molar-refractivity contribution in [2.24, 2.45) is 5.73 Å². The summed E-state index contributed by atoms with van der Waals surface area (Å²) in [6.07, 6.45) is 0. The highest BCUT2D eigenvalue weighted by molar-refractivity contribution is 6.32. The molecule has 0 unspecified atom stereocenters. The molecule has 5 heteroatoms. The molecule has 0 aliphatic rings. The van der Waals surface area contributed by atoms with Crippen LogP contribution in [0.2, 0.25) is 5.02 Å². The van der Waals surface area contributed by atoms with Gasteiger partial charge in [-0.15, -0.1) is 0 Å². The van der Waals surface area contributed by atoms with Gasteiger partial charge >= 0.3 is 0 Å². The third-order valence-corrected chi connectivity index (χ3v) is 4.42. The summed E-state index contributed by atoms with van der Waals surface area (Å²) in [5.41, 5.74) is 8.96.